The van der Waals surface area contributed by atoms with Crippen molar-refractivity contribution in [1.82, 2.24) is 9.80 Å². The van der Waals surface area contributed by atoms with Gasteiger partial charge in [-0.1, -0.05) is 24.3 Å². The first-order valence-corrected chi connectivity index (χ1v) is 22.9. The van der Waals surface area contributed by atoms with Gasteiger partial charge < -0.3 is 28.7 Å². The van der Waals surface area contributed by atoms with Crippen LogP contribution in [-0.4, -0.2) is 74.3 Å². The summed E-state index contributed by atoms with van der Waals surface area (Å²) >= 11 is 1.66. The maximum absolute atomic E-state index is 13.4. The van der Waals surface area contributed by atoms with Gasteiger partial charge >= 0.3 is 35.7 Å². The van der Waals surface area contributed by atoms with E-state index in [1.54, 1.807) is 48.3 Å². The molecule has 0 saturated carbocycles. The third-order valence-electron chi connectivity index (χ3n) is 8.04. The zero-order valence-corrected chi connectivity index (χ0v) is 31.5. The number of fused-ring (bicyclic) bond motifs is 4. The Hall–Kier alpha value is -3.73. The number of halogens is 1. The van der Waals surface area contributed by atoms with E-state index in [-0.39, 0.29) is 23.9 Å². The van der Waals surface area contributed by atoms with Crippen molar-refractivity contribution in [1.29, 1.82) is 0.783 Å². The second-order valence-electron chi connectivity index (χ2n) is 11.0. The molecule has 4 heterocycles. The van der Waals surface area contributed by atoms with Crippen LogP contribution >= 0.6 is 19.5 Å². The summed E-state index contributed by atoms with van der Waals surface area (Å²) in [4.78, 5) is 39.4. The fourth-order valence-corrected chi connectivity index (χ4v) is 5.88. The Labute approximate surface area is 296 Å². The molecule has 0 spiro atoms. The van der Waals surface area contributed by atoms with Gasteiger partial charge in [0.1, 0.15) is 0 Å². The van der Waals surface area contributed by atoms with E-state index in [9.17, 15) is 9.59 Å². The number of hydrogen-bond donors (Lipinski definition) is 0. The van der Waals surface area contributed by atoms with Crippen molar-refractivity contribution >= 4 is 55.1 Å². The minimum absolute atomic E-state index is 0.123. The van der Waals surface area contributed by atoms with Gasteiger partial charge in [0.05, 0.1) is 62.0 Å². The number of allylic oxidation sites excluding steroid dienone is 4. The summed E-state index contributed by atoms with van der Waals surface area (Å²) in [7, 11) is 3.09. The Morgan fingerprint density at radius 3 is 1.62 bits per heavy atom. The zero-order valence-electron chi connectivity index (χ0n) is 27.6. The quantitative estimate of drug-likeness (QED) is 0.189. The Kier molecular flexibility index (Phi) is 11.2. The number of amides is 2. The zero-order chi connectivity index (χ0) is 34.2. The molecule has 12 heteroatoms. The van der Waals surface area contributed by atoms with Crippen LogP contribution in [0.4, 0.5) is 11.4 Å². The summed E-state index contributed by atoms with van der Waals surface area (Å²) in [6.45, 7) is 4.58. The molecule has 4 aliphatic rings. The molecule has 0 radical (unpaired) electrons. The second-order valence-corrected chi connectivity index (χ2v) is 11.0. The third kappa shape index (κ3) is 7.40. The monoisotopic (exact) mass is 924 g/mol. The number of aliphatic imine (C=N–C) groups is 2. The van der Waals surface area contributed by atoms with Crippen LogP contribution in [0.1, 0.15) is 53.8 Å². The van der Waals surface area contributed by atoms with Crippen molar-refractivity contribution in [3.63, 3.8) is 0 Å². The van der Waals surface area contributed by atoms with Gasteiger partial charge in [-0.05, 0) is 50.0 Å². The molecule has 2 amide bonds. The summed E-state index contributed by atoms with van der Waals surface area (Å²) in [5, 5.41) is 0. The van der Waals surface area contributed by atoms with E-state index < -0.39 is 15.4 Å². The standard InChI is InChI=1S/C35H36N4O6.HI.Re.H/c1-5-8-22-12-24-18-36-28-16-32(30(42-3)14-26(28)34(40)38(24)20-22)44-10-7-11-45-33-17-29-27(15-31(33)43-4)35(41)39-21-23(9-6-2)13-25(39)19-37-29;;;/h5-6,8-9,14-21,24-25H,7,10-13H2,1-4H3;1H;;/q;;+1;/p-1/b8-5+,9-6+;;;/t24-,25-;;;/m0.../s1/i;;;1+1. The number of benzene rings is 2. The van der Waals surface area contributed by atoms with Crippen molar-refractivity contribution in [2.45, 2.75) is 45.2 Å². The van der Waals surface area contributed by atoms with Crippen LogP contribution in [0.3, 0.4) is 0 Å². The number of nitrogens with zero attached hydrogens (tertiary/aromatic N) is 4. The van der Waals surface area contributed by atoms with Gasteiger partial charge in [0.25, 0.3) is 11.8 Å². The normalized spacial score (nSPS) is 19.6. The summed E-state index contributed by atoms with van der Waals surface area (Å²) in [5.41, 5.74) is 4.18. The van der Waals surface area contributed by atoms with Crippen LogP contribution in [-0.2, 0) is 15.4 Å². The first kappa shape index (κ1) is 33.2. The van der Waals surface area contributed by atoms with Crippen molar-refractivity contribution in [3.8, 4) is 23.0 Å². The van der Waals surface area contributed by atoms with Gasteiger partial charge in [0.15, 0.2) is 23.0 Å². The molecule has 0 unspecified atom stereocenters. The summed E-state index contributed by atoms with van der Waals surface area (Å²) in [6.07, 6.45) is 17.3. The number of carbonyl (C=O) groups is 2. The van der Waals surface area contributed by atoms with Crippen LogP contribution in [0.15, 0.2) is 82.1 Å². The van der Waals surface area contributed by atoms with E-state index in [0.717, 1.165) is 24.0 Å². The number of ether oxygens (including phenoxy) is 4. The van der Waals surface area contributed by atoms with Crippen molar-refractivity contribution in [2.24, 2.45) is 9.98 Å². The molecular weight excluding hydrogens is 886 g/mol. The molecule has 0 fully saturated rings. The number of rotatable bonds is 10. The van der Waals surface area contributed by atoms with Gasteiger partial charge in [0.2, 0.25) is 0 Å². The molecule has 0 N–H and O–H groups in total. The predicted octanol–water partition coefficient (Wildman–Crippen LogP) is 6.95. The molecule has 0 bridgehead atoms. The molecule has 2 aromatic carbocycles. The fourth-order valence-electron chi connectivity index (χ4n) is 5.88. The molecule has 10 nitrogen and oxygen atoms in total. The fraction of sp³-hybridized carbons (Fsp3) is 0.314. The molecule has 0 aromatic heterocycles. The van der Waals surface area contributed by atoms with Gasteiger partial charge in [-0.15, -0.1) is 0 Å². The van der Waals surface area contributed by atoms with E-state index in [0.29, 0.717) is 65.1 Å². The summed E-state index contributed by atoms with van der Waals surface area (Å²) in [5.74, 6) is 1.66. The molecule has 247 valence electrons. The topological polar surface area (TPSA) is 102 Å². The van der Waals surface area contributed by atoms with Crippen LogP contribution in [0, 0.1) is 0 Å². The van der Waals surface area contributed by atoms with Gasteiger partial charge in [-0.2, -0.15) is 0 Å². The summed E-state index contributed by atoms with van der Waals surface area (Å²) in [6, 6.07) is 6.62. The van der Waals surface area contributed by atoms with Gasteiger partial charge in [0, 0.05) is 43.4 Å². The average molecular weight is 924 g/mol. The van der Waals surface area contributed by atoms with Crippen LogP contribution in [0.2, 0.25) is 0 Å². The van der Waals surface area contributed by atoms with E-state index in [1.807, 2.05) is 63.0 Å². The van der Waals surface area contributed by atoms with Crippen molar-refractivity contribution < 1.29 is 44.0 Å². The Balaban J connectivity index is 0.00000145. The second kappa shape index (κ2) is 15.9. The molecule has 47 heavy (non-hydrogen) atoms. The Morgan fingerprint density at radius 1 is 0.809 bits per heavy atom. The molecule has 0 saturated heterocycles. The van der Waals surface area contributed by atoms with Crippen LogP contribution in [0.5, 0.6) is 23.0 Å². The third-order valence-corrected chi connectivity index (χ3v) is 8.04. The number of methoxy groups -OCH3 is 2. The molecule has 6 rings (SSSR count). The van der Waals surface area contributed by atoms with E-state index in [4.69, 9.17) is 19.7 Å². The minimum atomic E-state index is -0.447. The van der Waals surface area contributed by atoms with Gasteiger partial charge in [-0.3, -0.25) is 19.6 Å². The first-order chi connectivity index (χ1) is 23.3. The predicted molar refractivity (Wildman–Crippen MR) is 188 cm³/mol. The van der Waals surface area contributed by atoms with Crippen LogP contribution in [0.25, 0.3) is 0 Å². The molecule has 2 aromatic rings. The SMILES string of the molecule is C/C=C/C1=CN2C(=O)c3cc(OC)c(OCCCOc4cc5c(cc4OC)C(=O)N4C=C(/C=C/C)C[C@H]4C=N5)cc3N=C[C@@H]2C1.[2H][Re][I]. The average Bonchev–Trinajstić information content (AvgIpc) is 3.63. The molecular formula is C35H37IN4O6Re. The molecule has 0 aliphatic carbocycles. The van der Waals surface area contributed by atoms with E-state index in [1.165, 1.54) is 0 Å². The number of hydrogen-bond acceptors (Lipinski definition) is 8. The maximum atomic E-state index is 13.4. The van der Waals surface area contributed by atoms with Crippen molar-refractivity contribution in [3.05, 3.63) is 83.2 Å². The van der Waals surface area contributed by atoms with Crippen LogP contribution < -0.4 is 18.9 Å². The van der Waals surface area contributed by atoms with Crippen molar-refractivity contribution in [2.75, 3.05) is 27.4 Å². The Morgan fingerprint density at radius 2 is 1.23 bits per heavy atom. The first-order valence-electron chi connectivity index (χ1n) is 15.6. The number of carbonyl (C=O) groups excluding carboxylic acids is 2. The van der Waals surface area contributed by atoms with E-state index in [2.05, 4.69) is 29.5 Å². The van der Waals surface area contributed by atoms with Gasteiger partial charge in [-0.25, -0.2) is 0 Å². The molecule has 4 aliphatic heterocycles. The summed E-state index contributed by atoms with van der Waals surface area (Å²) < 4.78 is 29.6. The van der Waals surface area contributed by atoms with E-state index >= 15 is 0 Å². The molecule has 2 atom stereocenters. The Bertz CT molecular complexity index is 1620.